The second kappa shape index (κ2) is 12.3. The molecule has 4 aromatic rings. The summed E-state index contributed by atoms with van der Waals surface area (Å²) in [5.74, 6) is -0.280. The maximum Gasteiger partial charge on any atom is 0.695 e. The molecule has 0 radical (unpaired) electrons. The maximum atomic E-state index is 13.1. The highest BCUT2D eigenvalue weighted by atomic mass is 35.5. The second-order valence-electron chi connectivity index (χ2n) is 9.70. The van der Waals surface area contributed by atoms with Crippen LogP contribution in [0.25, 0.3) is 22.3 Å². The molecular weight excluding hydrogens is 672 g/mol. The fraction of sp³-hybridized carbons (Fsp3) is 0.500. The zero-order valence-electron chi connectivity index (χ0n) is 22.2. The van der Waals surface area contributed by atoms with Gasteiger partial charge in [0.25, 0.3) is 5.56 Å². The molecule has 4 aromatic heterocycles. The summed E-state index contributed by atoms with van der Waals surface area (Å²) in [6, 6.07) is 0. The molecule has 0 spiro atoms. The number of phosphoric acid groups is 1. The molecule has 0 bridgehead atoms. The summed E-state index contributed by atoms with van der Waals surface area (Å²) in [7, 11) is -8.46. The summed E-state index contributed by atoms with van der Waals surface area (Å²) in [4.78, 5) is 54.3. The van der Waals surface area contributed by atoms with Crippen LogP contribution >= 0.6 is 27.7 Å². The SMILES string of the molecule is Nc1nc2c(ncn2[C@@H]2O[C@H](CO)[C@@H](O)[C@H]2OP(=O)(O)OCC2O[C@@H](n3cnc4c(Cl)ncnc43)[C@H](O)[C@@H]2O[P+](=O)O)c(=O)[nH]1. The predicted molar refractivity (Wildman–Crippen MR) is 145 cm³/mol. The number of fused-ring (bicyclic) bond motifs is 2. The Balaban J connectivity index is 1.22. The Morgan fingerprint density at radius 2 is 1.73 bits per heavy atom. The van der Waals surface area contributed by atoms with Crippen LogP contribution in [0, 0.1) is 0 Å². The molecule has 45 heavy (non-hydrogen) atoms. The van der Waals surface area contributed by atoms with E-state index in [0.29, 0.717) is 0 Å². The number of phosphoric ester groups is 1. The number of halogens is 1. The number of rotatable bonds is 10. The molecule has 3 unspecified atom stereocenters. The monoisotopic (exact) mass is 694 g/mol. The maximum absolute atomic E-state index is 13.1. The Labute approximate surface area is 254 Å². The van der Waals surface area contributed by atoms with Gasteiger partial charge in [-0.3, -0.25) is 28.0 Å². The lowest BCUT2D eigenvalue weighted by Crippen LogP contribution is -2.36. The van der Waals surface area contributed by atoms with Gasteiger partial charge in [0.05, 0.1) is 25.9 Å². The molecule has 25 heteroatoms. The number of aromatic amines is 1. The molecule has 10 atom stereocenters. The van der Waals surface area contributed by atoms with Crippen LogP contribution in [-0.2, 0) is 32.2 Å². The normalized spacial score (nSPS) is 30.3. The summed E-state index contributed by atoms with van der Waals surface area (Å²) in [6.07, 6.45) is -8.76. The van der Waals surface area contributed by atoms with E-state index in [0.717, 1.165) is 17.2 Å². The van der Waals surface area contributed by atoms with E-state index in [4.69, 9.17) is 40.4 Å². The van der Waals surface area contributed by atoms with E-state index in [1.807, 2.05) is 0 Å². The highest BCUT2D eigenvalue weighted by Crippen LogP contribution is 2.50. The molecule has 2 saturated heterocycles. The molecule has 22 nitrogen and oxygen atoms in total. The van der Waals surface area contributed by atoms with Crippen molar-refractivity contribution in [1.82, 2.24) is 39.0 Å². The second-order valence-corrected chi connectivity index (χ2v) is 12.2. The molecule has 2 aliphatic heterocycles. The van der Waals surface area contributed by atoms with Crippen LogP contribution in [0.2, 0.25) is 5.15 Å². The van der Waals surface area contributed by atoms with E-state index in [1.165, 1.54) is 10.9 Å². The minimum Gasteiger partial charge on any atom is -0.394 e. The van der Waals surface area contributed by atoms with Crippen molar-refractivity contribution in [2.24, 2.45) is 0 Å². The molecular formula is C20H23ClN9O13P2+. The summed E-state index contributed by atoms with van der Waals surface area (Å²) in [6.45, 7) is -1.58. The number of nitrogens with two attached hydrogens (primary N) is 1. The van der Waals surface area contributed by atoms with Crippen molar-refractivity contribution in [2.45, 2.75) is 49.1 Å². The number of H-pyrrole nitrogens is 1. The standard InChI is InChI=1S/C20H22ClN9O13P2/c21-14-8-15(24-3-23-14)29(4-25-8)18-11(33)12(42-44(35)36)7(41-18)2-39-45(37,38)43-13-10(32)6(1-31)40-19(13)30-5-26-9-16(30)27-20(22)28-17(9)34/h3-7,10-13,18-19,31-33H,1-2H2,(H4-,22,27,28,34,35,36,37,38)/p+1/t6-,7?,10-,11-,12-,13-,18-,19-/m1/s1. The van der Waals surface area contributed by atoms with Gasteiger partial charge in [-0.05, 0) is 0 Å². The van der Waals surface area contributed by atoms with Gasteiger partial charge < -0.3 is 35.4 Å². The van der Waals surface area contributed by atoms with Gasteiger partial charge in [0.1, 0.15) is 42.4 Å². The fourth-order valence-corrected chi connectivity index (χ4v) is 6.59. The summed E-state index contributed by atoms with van der Waals surface area (Å²) >= 11 is 6.03. The van der Waals surface area contributed by atoms with Crippen molar-refractivity contribution in [2.75, 3.05) is 18.9 Å². The van der Waals surface area contributed by atoms with E-state index >= 15 is 0 Å². The van der Waals surface area contributed by atoms with Crippen molar-refractivity contribution in [3.63, 3.8) is 0 Å². The van der Waals surface area contributed by atoms with Crippen LogP contribution < -0.4 is 11.3 Å². The smallest absolute Gasteiger partial charge is 0.394 e. The lowest BCUT2D eigenvalue weighted by Gasteiger charge is -2.24. The van der Waals surface area contributed by atoms with Crippen molar-refractivity contribution in [1.29, 1.82) is 0 Å². The van der Waals surface area contributed by atoms with Crippen molar-refractivity contribution in [3.8, 4) is 0 Å². The van der Waals surface area contributed by atoms with Crippen molar-refractivity contribution in [3.05, 3.63) is 34.5 Å². The minimum atomic E-state index is -5.17. The number of aliphatic hydroxyl groups excluding tert-OH is 3. The number of imidazole rings is 2. The van der Waals surface area contributed by atoms with Gasteiger partial charge >= 0.3 is 16.1 Å². The number of ether oxygens (including phenoxy) is 2. The average Bonchev–Trinajstić information content (AvgIpc) is 3.73. The van der Waals surface area contributed by atoms with Gasteiger partial charge in [-0.1, -0.05) is 11.6 Å². The molecule has 0 aromatic carbocycles. The third-order valence-electron chi connectivity index (χ3n) is 6.98. The summed E-state index contributed by atoms with van der Waals surface area (Å²) in [5.41, 5.74) is 4.94. The minimum absolute atomic E-state index is 0.00490. The van der Waals surface area contributed by atoms with Crippen LogP contribution in [0.4, 0.5) is 5.95 Å². The first-order valence-corrected chi connectivity index (χ1v) is 15.7. The molecule has 6 rings (SSSR count). The van der Waals surface area contributed by atoms with Crippen molar-refractivity contribution >= 4 is 56.0 Å². The van der Waals surface area contributed by atoms with Crippen LogP contribution in [-0.4, -0.2) is 114 Å². The molecule has 6 heterocycles. The topological polar surface area (TPSA) is 315 Å². The Morgan fingerprint density at radius 3 is 2.44 bits per heavy atom. The third kappa shape index (κ3) is 5.97. The first-order chi connectivity index (χ1) is 21.4. The highest BCUT2D eigenvalue weighted by molar-refractivity contribution is 7.47. The summed E-state index contributed by atoms with van der Waals surface area (Å²) in [5, 5.41) is 31.4. The van der Waals surface area contributed by atoms with Crippen LogP contribution in [0.5, 0.6) is 0 Å². The molecule has 8 N–H and O–H groups in total. The number of aliphatic hydroxyl groups is 3. The molecule has 2 aliphatic rings. The van der Waals surface area contributed by atoms with Crippen LogP contribution in [0.15, 0.2) is 23.8 Å². The number of aromatic nitrogens is 8. The van der Waals surface area contributed by atoms with E-state index < -0.39 is 83.9 Å². The van der Waals surface area contributed by atoms with E-state index in [-0.39, 0.29) is 33.4 Å². The van der Waals surface area contributed by atoms with E-state index in [2.05, 4.69) is 29.9 Å². The molecule has 0 saturated carbocycles. The van der Waals surface area contributed by atoms with Gasteiger partial charge in [-0.15, -0.1) is 9.42 Å². The molecule has 2 fully saturated rings. The number of hydrogen-bond acceptors (Lipinski definition) is 17. The Bertz CT molecular complexity index is 1860. The van der Waals surface area contributed by atoms with Gasteiger partial charge in [0.15, 0.2) is 40.5 Å². The van der Waals surface area contributed by atoms with Gasteiger partial charge in [-0.25, -0.2) is 24.5 Å². The van der Waals surface area contributed by atoms with Gasteiger partial charge in [0.2, 0.25) is 5.95 Å². The lowest BCUT2D eigenvalue weighted by atomic mass is 10.1. The number of nitrogens with zero attached hydrogens (tertiary/aromatic N) is 7. The first-order valence-electron chi connectivity index (χ1n) is 12.7. The number of anilines is 1. The Morgan fingerprint density at radius 1 is 1.04 bits per heavy atom. The average molecular weight is 695 g/mol. The largest absolute Gasteiger partial charge is 0.695 e. The first kappa shape index (κ1) is 31.9. The third-order valence-corrected chi connectivity index (χ3v) is 8.67. The van der Waals surface area contributed by atoms with Crippen molar-refractivity contribution < 1.29 is 57.3 Å². The van der Waals surface area contributed by atoms with Crippen LogP contribution in [0.1, 0.15) is 12.5 Å². The fourth-order valence-electron chi connectivity index (χ4n) is 5.02. The molecule has 0 aliphatic carbocycles. The number of nitrogens with one attached hydrogen (secondary N) is 1. The van der Waals surface area contributed by atoms with E-state index in [9.17, 15) is 39.0 Å². The van der Waals surface area contributed by atoms with Crippen LogP contribution in [0.3, 0.4) is 0 Å². The highest BCUT2D eigenvalue weighted by Gasteiger charge is 2.53. The number of hydrogen-bond donors (Lipinski definition) is 7. The van der Waals surface area contributed by atoms with E-state index in [1.54, 1.807) is 0 Å². The van der Waals surface area contributed by atoms with Gasteiger partial charge in [-0.2, -0.15) is 4.98 Å². The lowest BCUT2D eigenvalue weighted by molar-refractivity contribution is -0.0609. The molecule has 0 amide bonds. The summed E-state index contributed by atoms with van der Waals surface area (Å²) < 4.78 is 53.7. The number of nitrogen functional groups attached to an aromatic ring is 1. The quantitative estimate of drug-likeness (QED) is 0.0714. The van der Waals surface area contributed by atoms with Gasteiger partial charge in [0, 0.05) is 4.57 Å². The zero-order chi connectivity index (χ0) is 32.2. The predicted octanol–water partition coefficient (Wildman–Crippen LogP) is -1.76. The molecule has 242 valence electrons. The zero-order valence-corrected chi connectivity index (χ0v) is 24.8. The Kier molecular flexibility index (Phi) is 8.69. The Hall–Kier alpha value is -3.08.